The topological polar surface area (TPSA) is 94.3 Å². The van der Waals surface area contributed by atoms with E-state index in [0.717, 1.165) is 32.4 Å². The molecule has 0 spiro atoms. The van der Waals surface area contributed by atoms with Crippen LogP contribution in [0.15, 0.2) is 0 Å². The minimum absolute atomic E-state index is 0.000371. The van der Waals surface area contributed by atoms with E-state index in [1.807, 2.05) is 0 Å². The third kappa shape index (κ3) is 3.89. The average Bonchev–Trinajstić information content (AvgIpc) is 2.41. The van der Waals surface area contributed by atoms with Gasteiger partial charge in [0.25, 0.3) is 5.91 Å². The van der Waals surface area contributed by atoms with Gasteiger partial charge in [-0.2, -0.15) is 0 Å². The van der Waals surface area contributed by atoms with Crippen LogP contribution in [-0.4, -0.2) is 43.7 Å². The number of carbonyl (C=O) groups excluding carboxylic acids is 2. The predicted molar refractivity (Wildman–Crippen MR) is 70.9 cm³/mol. The first-order valence-electron chi connectivity index (χ1n) is 6.95. The van der Waals surface area contributed by atoms with Crippen molar-refractivity contribution < 1.29 is 9.59 Å². The third-order valence-corrected chi connectivity index (χ3v) is 3.66. The van der Waals surface area contributed by atoms with Gasteiger partial charge in [0.05, 0.1) is 12.2 Å². The van der Waals surface area contributed by atoms with Gasteiger partial charge >= 0.3 is 0 Å². The maximum Gasteiger partial charge on any atom is 0.251 e. The van der Waals surface area contributed by atoms with Crippen molar-refractivity contribution in [2.45, 2.75) is 38.4 Å². The lowest BCUT2D eigenvalue weighted by Crippen LogP contribution is -2.70. The molecular weight excluding hydrogens is 246 g/mol. The summed E-state index contributed by atoms with van der Waals surface area (Å²) in [6, 6.07) is -0.0946. The molecule has 2 saturated heterocycles. The highest BCUT2D eigenvalue weighted by molar-refractivity contribution is 5.82. The molecule has 2 aliphatic rings. The second-order valence-electron chi connectivity index (χ2n) is 5.14. The Morgan fingerprint density at radius 3 is 3.05 bits per heavy atom. The van der Waals surface area contributed by atoms with Crippen molar-refractivity contribution in [2.75, 3.05) is 19.6 Å². The second-order valence-corrected chi connectivity index (χ2v) is 5.14. The van der Waals surface area contributed by atoms with E-state index in [1.54, 1.807) is 0 Å². The molecule has 2 fully saturated rings. The van der Waals surface area contributed by atoms with Crippen LogP contribution in [0.4, 0.5) is 0 Å². The SMILES string of the molecule is CC(=O)NCCCNC1NNC(=O)C2NCCCC12. The monoisotopic (exact) mass is 269 g/mol. The normalized spacial score (nSPS) is 30.4. The van der Waals surface area contributed by atoms with E-state index in [9.17, 15) is 9.59 Å². The Bertz CT molecular complexity index is 336. The van der Waals surface area contributed by atoms with Crippen molar-refractivity contribution in [3.8, 4) is 0 Å². The number of nitrogens with one attached hydrogen (secondary N) is 5. The van der Waals surface area contributed by atoms with Crippen LogP contribution in [0.5, 0.6) is 0 Å². The van der Waals surface area contributed by atoms with Gasteiger partial charge in [-0.3, -0.25) is 15.0 Å². The molecule has 0 aliphatic carbocycles. The first-order chi connectivity index (χ1) is 9.18. The summed E-state index contributed by atoms with van der Waals surface area (Å²) in [4.78, 5) is 22.4. The highest BCUT2D eigenvalue weighted by Crippen LogP contribution is 2.21. The van der Waals surface area contributed by atoms with Crippen LogP contribution >= 0.6 is 0 Å². The first-order valence-corrected chi connectivity index (χ1v) is 6.95. The first kappa shape index (κ1) is 14.2. The van der Waals surface area contributed by atoms with Crippen molar-refractivity contribution in [1.29, 1.82) is 0 Å². The molecule has 0 aromatic heterocycles. The Kier molecular flexibility index (Phi) is 5.12. The van der Waals surface area contributed by atoms with Crippen LogP contribution in [0.1, 0.15) is 26.2 Å². The maximum absolute atomic E-state index is 11.7. The van der Waals surface area contributed by atoms with Gasteiger partial charge in [0.2, 0.25) is 5.91 Å². The number of hydrogen-bond donors (Lipinski definition) is 5. The molecule has 0 aromatic rings. The van der Waals surface area contributed by atoms with E-state index in [4.69, 9.17) is 0 Å². The van der Waals surface area contributed by atoms with Crippen LogP contribution in [0.25, 0.3) is 0 Å². The number of rotatable bonds is 5. The number of hydrogen-bond acceptors (Lipinski definition) is 5. The highest BCUT2D eigenvalue weighted by Gasteiger charge is 2.39. The summed E-state index contributed by atoms with van der Waals surface area (Å²) in [7, 11) is 0. The molecule has 7 nitrogen and oxygen atoms in total. The zero-order chi connectivity index (χ0) is 13.7. The number of carbonyl (C=O) groups is 2. The van der Waals surface area contributed by atoms with E-state index in [0.29, 0.717) is 6.54 Å². The lowest BCUT2D eigenvalue weighted by molar-refractivity contribution is -0.130. The van der Waals surface area contributed by atoms with Crippen LogP contribution in [-0.2, 0) is 9.59 Å². The zero-order valence-electron chi connectivity index (χ0n) is 11.3. The summed E-state index contributed by atoms with van der Waals surface area (Å²) in [6.45, 7) is 3.90. The van der Waals surface area contributed by atoms with Gasteiger partial charge in [0, 0.05) is 19.4 Å². The van der Waals surface area contributed by atoms with E-state index >= 15 is 0 Å². The molecule has 2 aliphatic heterocycles. The van der Waals surface area contributed by atoms with Gasteiger partial charge in [-0.25, -0.2) is 5.43 Å². The highest BCUT2D eigenvalue weighted by atomic mass is 16.2. The Hall–Kier alpha value is -1.18. The van der Waals surface area contributed by atoms with E-state index in [1.165, 1.54) is 6.92 Å². The quantitative estimate of drug-likeness (QED) is 0.389. The third-order valence-electron chi connectivity index (χ3n) is 3.66. The fourth-order valence-electron chi connectivity index (χ4n) is 2.71. The molecule has 2 heterocycles. The van der Waals surface area contributed by atoms with Crippen molar-refractivity contribution in [3.05, 3.63) is 0 Å². The van der Waals surface area contributed by atoms with Gasteiger partial charge in [0.15, 0.2) is 0 Å². The van der Waals surface area contributed by atoms with Crippen molar-refractivity contribution in [3.63, 3.8) is 0 Å². The number of hydrazine groups is 1. The van der Waals surface area contributed by atoms with Crippen molar-refractivity contribution in [2.24, 2.45) is 5.92 Å². The van der Waals surface area contributed by atoms with E-state index in [2.05, 4.69) is 26.8 Å². The van der Waals surface area contributed by atoms with Crippen LogP contribution < -0.4 is 26.8 Å². The molecule has 19 heavy (non-hydrogen) atoms. The van der Waals surface area contributed by atoms with Gasteiger partial charge in [-0.1, -0.05) is 0 Å². The smallest absolute Gasteiger partial charge is 0.251 e. The fraction of sp³-hybridized carbons (Fsp3) is 0.833. The van der Waals surface area contributed by atoms with Gasteiger partial charge in [0.1, 0.15) is 0 Å². The predicted octanol–water partition coefficient (Wildman–Crippen LogP) is -1.57. The lowest BCUT2D eigenvalue weighted by Gasteiger charge is -2.41. The summed E-state index contributed by atoms with van der Waals surface area (Å²) in [5.74, 6) is 0.309. The Balaban J connectivity index is 1.73. The molecule has 3 atom stereocenters. The average molecular weight is 269 g/mol. The minimum Gasteiger partial charge on any atom is -0.356 e. The summed E-state index contributed by atoms with van der Waals surface area (Å²) in [5, 5.41) is 9.43. The standard InChI is InChI=1S/C12H23N5O2/c1-8(18)13-6-3-7-15-11-9-4-2-5-14-10(9)12(19)17-16-11/h9-11,14-16H,2-7H2,1H3,(H,13,18)(H,17,19). The van der Waals surface area contributed by atoms with E-state index < -0.39 is 0 Å². The summed E-state index contributed by atoms with van der Waals surface area (Å²) in [5.41, 5.74) is 5.74. The van der Waals surface area contributed by atoms with Gasteiger partial charge < -0.3 is 16.0 Å². The molecule has 0 bridgehead atoms. The van der Waals surface area contributed by atoms with Crippen LogP contribution in [0.2, 0.25) is 0 Å². The molecular formula is C12H23N5O2. The molecule has 2 amide bonds. The molecule has 5 N–H and O–H groups in total. The van der Waals surface area contributed by atoms with E-state index in [-0.39, 0.29) is 29.9 Å². The fourth-order valence-corrected chi connectivity index (χ4v) is 2.71. The van der Waals surface area contributed by atoms with Crippen LogP contribution in [0.3, 0.4) is 0 Å². The molecule has 3 unspecified atom stereocenters. The van der Waals surface area contributed by atoms with Crippen molar-refractivity contribution >= 4 is 11.8 Å². The second kappa shape index (κ2) is 6.83. The summed E-state index contributed by atoms with van der Waals surface area (Å²) >= 11 is 0. The number of fused-ring (bicyclic) bond motifs is 1. The molecule has 0 radical (unpaired) electrons. The number of piperidine rings is 1. The summed E-state index contributed by atoms with van der Waals surface area (Å²) in [6.07, 6.45) is 3.10. The Morgan fingerprint density at radius 2 is 2.26 bits per heavy atom. The Labute approximate surface area is 113 Å². The maximum atomic E-state index is 11.7. The minimum atomic E-state index is -0.0946. The van der Waals surface area contributed by atoms with Crippen molar-refractivity contribution in [1.82, 2.24) is 26.8 Å². The zero-order valence-corrected chi connectivity index (χ0v) is 11.3. The molecule has 108 valence electrons. The van der Waals surface area contributed by atoms with Gasteiger partial charge in [-0.05, 0) is 32.4 Å². The van der Waals surface area contributed by atoms with Gasteiger partial charge in [-0.15, -0.1) is 0 Å². The Morgan fingerprint density at radius 1 is 1.42 bits per heavy atom. The van der Waals surface area contributed by atoms with Crippen LogP contribution in [0, 0.1) is 5.92 Å². The molecule has 2 rings (SSSR count). The lowest BCUT2D eigenvalue weighted by atomic mass is 9.86. The molecule has 0 aromatic carbocycles. The molecule has 7 heteroatoms. The largest absolute Gasteiger partial charge is 0.356 e. The summed E-state index contributed by atoms with van der Waals surface area (Å²) < 4.78 is 0. The number of amides is 2. The molecule has 0 saturated carbocycles.